The second-order valence-electron chi connectivity index (χ2n) is 5.26. The minimum absolute atomic E-state index is 0.000602. The number of nitro groups is 1. The summed E-state index contributed by atoms with van der Waals surface area (Å²) in [4.78, 5) is 22.3. The van der Waals surface area contributed by atoms with Crippen LogP contribution in [0.3, 0.4) is 0 Å². The Balaban J connectivity index is 2.24. The van der Waals surface area contributed by atoms with Crippen LogP contribution in [0.2, 0.25) is 0 Å². The van der Waals surface area contributed by atoms with Crippen molar-refractivity contribution >= 4 is 21.7 Å². The second kappa shape index (κ2) is 8.07. The highest BCUT2D eigenvalue weighted by atomic mass is 32.2. The van der Waals surface area contributed by atoms with Gasteiger partial charge in [0.25, 0.3) is 5.69 Å². The first-order valence-corrected chi connectivity index (χ1v) is 9.30. The molecule has 0 saturated carbocycles. The van der Waals surface area contributed by atoms with E-state index in [4.69, 9.17) is 4.74 Å². The number of non-ortho nitro benzene ring substituents is 1. The van der Waals surface area contributed by atoms with Crippen LogP contribution in [0.15, 0.2) is 53.4 Å². The topological polar surface area (TPSA) is 107 Å². The van der Waals surface area contributed by atoms with Gasteiger partial charge in [-0.05, 0) is 30.3 Å². The fourth-order valence-electron chi connectivity index (χ4n) is 2.30. The number of carbonyl (C=O) groups is 1. The van der Waals surface area contributed by atoms with Crippen molar-refractivity contribution < 1.29 is 22.9 Å². The Bertz CT molecular complexity index is 905. The van der Waals surface area contributed by atoms with Crippen molar-refractivity contribution in [2.24, 2.45) is 0 Å². The number of carbonyl (C=O) groups excluding carboxylic acids is 1. The lowest BCUT2D eigenvalue weighted by Crippen LogP contribution is -2.30. The summed E-state index contributed by atoms with van der Waals surface area (Å²) in [6, 6.07) is 10.6. The maximum Gasteiger partial charge on any atom is 0.343 e. The van der Waals surface area contributed by atoms with Gasteiger partial charge >= 0.3 is 5.97 Å². The number of sulfonamides is 1. The number of nitro benzene ring substituents is 1. The van der Waals surface area contributed by atoms with Crippen LogP contribution in [-0.4, -0.2) is 36.7 Å². The molecule has 2 aromatic rings. The Hall–Kier alpha value is -2.78. The summed E-state index contributed by atoms with van der Waals surface area (Å²) in [6.07, 6.45) is 0. The summed E-state index contributed by atoms with van der Waals surface area (Å²) in [5.74, 6) is -0.631. The number of benzene rings is 2. The molecule has 138 valence electrons. The van der Waals surface area contributed by atoms with Crippen molar-refractivity contribution in [1.29, 1.82) is 0 Å². The van der Waals surface area contributed by atoms with Gasteiger partial charge in [-0.3, -0.25) is 10.1 Å². The maximum absolute atomic E-state index is 12.5. The highest BCUT2D eigenvalue weighted by Gasteiger charge is 2.23. The Morgan fingerprint density at radius 3 is 2.27 bits per heavy atom. The fraction of sp³-hybridized carbons (Fsp3) is 0.235. The third-order valence-corrected chi connectivity index (χ3v) is 5.72. The van der Waals surface area contributed by atoms with Crippen LogP contribution in [0.1, 0.15) is 24.2 Å². The van der Waals surface area contributed by atoms with Crippen LogP contribution in [0, 0.1) is 10.1 Å². The normalized spacial score (nSPS) is 11.3. The lowest BCUT2D eigenvalue weighted by atomic mass is 10.2. The van der Waals surface area contributed by atoms with E-state index in [2.05, 4.69) is 0 Å². The van der Waals surface area contributed by atoms with E-state index in [0.29, 0.717) is 13.1 Å². The first-order chi connectivity index (χ1) is 12.3. The molecular weight excluding hydrogens is 360 g/mol. The van der Waals surface area contributed by atoms with Gasteiger partial charge in [-0.15, -0.1) is 0 Å². The average molecular weight is 378 g/mol. The van der Waals surface area contributed by atoms with Gasteiger partial charge in [0.05, 0.1) is 15.4 Å². The highest BCUT2D eigenvalue weighted by Crippen LogP contribution is 2.20. The van der Waals surface area contributed by atoms with Gasteiger partial charge < -0.3 is 4.74 Å². The number of nitrogens with zero attached hydrogens (tertiary/aromatic N) is 2. The van der Waals surface area contributed by atoms with Crippen molar-refractivity contribution in [1.82, 2.24) is 4.31 Å². The fourth-order valence-corrected chi connectivity index (χ4v) is 3.80. The Kier molecular flexibility index (Phi) is 6.06. The monoisotopic (exact) mass is 378 g/mol. The molecular formula is C17H18N2O6S. The zero-order valence-electron chi connectivity index (χ0n) is 14.3. The standard InChI is InChI=1S/C17H18N2O6S/c1-3-18(4-2)26(23,24)16-7-5-6-13(12-16)17(20)25-15-10-8-14(9-11-15)19(21)22/h5-12H,3-4H2,1-2H3. The Morgan fingerprint density at radius 2 is 1.73 bits per heavy atom. The molecule has 2 aromatic carbocycles. The van der Waals surface area contributed by atoms with E-state index in [-0.39, 0.29) is 21.9 Å². The van der Waals surface area contributed by atoms with Gasteiger partial charge in [0.2, 0.25) is 10.0 Å². The summed E-state index contributed by atoms with van der Waals surface area (Å²) in [7, 11) is -3.69. The van der Waals surface area contributed by atoms with E-state index < -0.39 is 20.9 Å². The van der Waals surface area contributed by atoms with Crippen LogP contribution >= 0.6 is 0 Å². The van der Waals surface area contributed by atoms with E-state index in [0.717, 1.165) is 0 Å². The molecule has 9 heteroatoms. The summed E-state index contributed by atoms with van der Waals surface area (Å²) in [5.41, 5.74) is -0.0614. The van der Waals surface area contributed by atoms with Crippen molar-refractivity contribution in [2.45, 2.75) is 18.7 Å². The molecule has 0 unspecified atom stereocenters. The summed E-state index contributed by atoms with van der Waals surface area (Å²) < 4.78 is 31.5. The van der Waals surface area contributed by atoms with Crippen molar-refractivity contribution in [2.75, 3.05) is 13.1 Å². The van der Waals surface area contributed by atoms with E-state index in [1.54, 1.807) is 13.8 Å². The van der Waals surface area contributed by atoms with Gasteiger partial charge in [0, 0.05) is 25.2 Å². The number of hydrogen-bond acceptors (Lipinski definition) is 6. The highest BCUT2D eigenvalue weighted by molar-refractivity contribution is 7.89. The van der Waals surface area contributed by atoms with Gasteiger partial charge in [0.15, 0.2) is 0 Å². The molecule has 26 heavy (non-hydrogen) atoms. The zero-order chi connectivity index (χ0) is 19.3. The molecule has 0 bridgehead atoms. The lowest BCUT2D eigenvalue weighted by molar-refractivity contribution is -0.384. The first kappa shape index (κ1) is 19.5. The second-order valence-corrected chi connectivity index (χ2v) is 7.20. The van der Waals surface area contributed by atoms with Gasteiger partial charge in [0.1, 0.15) is 5.75 Å². The van der Waals surface area contributed by atoms with Crippen LogP contribution < -0.4 is 4.74 Å². The lowest BCUT2D eigenvalue weighted by Gasteiger charge is -2.18. The van der Waals surface area contributed by atoms with Crippen LogP contribution in [0.4, 0.5) is 5.69 Å². The molecule has 0 amide bonds. The zero-order valence-corrected chi connectivity index (χ0v) is 15.1. The SMILES string of the molecule is CCN(CC)S(=O)(=O)c1cccc(C(=O)Oc2ccc([N+](=O)[O-])cc2)c1. The molecule has 0 spiro atoms. The first-order valence-electron chi connectivity index (χ1n) is 7.86. The van der Waals surface area contributed by atoms with Crippen molar-refractivity contribution in [3.05, 3.63) is 64.2 Å². The molecule has 0 fully saturated rings. The quantitative estimate of drug-likeness (QED) is 0.317. The number of rotatable bonds is 7. The van der Waals surface area contributed by atoms with E-state index in [1.165, 1.54) is 52.8 Å². The smallest absolute Gasteiger partial charge is 0.343 e. The van der Waals surface area contributed by atoms with Gasteiger partial charge in [-0.25, -0.2) is 13.2 Å². The van der Waals surface area contributed by atoms with Gasteiger partial charge in [-0.2, -0.15) is 4.31 Å². The van der Waals surface area contributed by atoms with E-state index in [9.17, 15) is 23.3 Å². The van der Waals surface area contributed by atoms with Crippen LogP contribution in [-0.2, 0) is 10.0 Å². The molecule has 0 aliphatic carbocycles. The minimum Gasteiger partial charge on any atom is -0.423 e. The van der Waals surface area contributed by atoms with Crippen molar-refractivity contribution in [3.8, 4) is 5.75 Å². The molecule has 0 heterocycles. The predicted octanol–water partition coefficient (Wildman–Crippen LogP) is 2.84. The molecule has 0 N–H and O–H groups in total. The van der Waals surface area contributed by atoms with Crippen molar-refractivity contribution in [3.63, 3.8) is 0 Å². The Morgan fingerprint density at radius 1 is 1.12 bits per heavy atom. The van der Waals surface area contributed by atoms with E-state index in [1.807, 2.05) is 0 Å². The van der Waals surface area contributed by atoms with Crippen LogP contribution in [0.25, 0.3) is 0 Å². The molecule has 0 radical (unpaired) electrons. The van der Waals surface area contributed by atoms with Crippen LogP contribution in [0.5, 0.6) is 5.75 Å². The summed E-state index contributed by atoms with van der Waals surface area (Å²) >= 11 is 0. The predicted molar refractivity (Wildman–Crippen MR) is 94.6 cm³/mol. The summed E-state index contributed by atoms with van der Waals surface area (Å²) in [6.45, 7) is 4.09. The van der Waals surface area contributed by atoms with Gasteiger partial charge in [-0.1, -0.05) is 19.9 Å². The molecule has 0 aliphatic heterocycles. The molecule has 2 rings (SSSR count). The molecule has 0 atom stereocenters. The van der Waals surface area contributed by atoms with E-state index >= 15 is 0 Å². The third-order valence-electron chi connectivity index (χ3n) is 3.67. The molecule has 8 nitrogen and oxygen atoms in total. The number of ether oxygens (including phenoxy) is 1. The minimum atomic E-state index is -3.69. The number of esters is 1. The maximum atomic E-state index is 12.5. The number of hydrogen-bond donors (Lipinski definition) is 0. The third kappa shape index (κ3) is 4.24. The molecule has 0 saturated heterocycles. The summed E-state index contributed by atoms with van der Waals surface area (Å²) in [5, 5.41) is 10.6. The largest absolute Gasteiger partial charge is 0.423 e. The molecule has 0 aliphatic rings. The average Bonchev–Trinajstić information content (AvgIpc) is 2.63. The molecule has 0 aromatic heterocycles. The Labute approximate surface area is 151 Å².